The Morgan fingerprint density at radius 2 is 0.892 bits per heavy atom. The Bertz CT molecular complexity index is 1170. The molecule has 0 aromatic rings. The molecule has 0 aromatic heterocycles. The highest BCUT2D eigenvalue weighted by molar-refractivity contribution is 7.45. The van der Waals surface area contributed by atoms with E-state index in [4.69, 9.17) is 13.8 Å². The van der Waals surface area contributed by atoms with Gasteiger partial charge in [0, 0.05) is 12.8 Å². The number of nitrogens with zero attached hydrogens (tertiary/aromatic N) is 1. The number of esters is 1. The molecule has 1 amide bonds. The van der Waals surface area contributed by atoms with Crippen molar-refractivity contribution < 1.29 is 37.3 Å². The van der Waals surface area contributed by atoms with Crippen LogP contribution in [0.25, 0.3) is 0 Å². The maximum absolute atomic E-state index is 13.4. The van der Waals surface area contributed by atoms with E-state index in [1.807, 2.05) is 33.3 Å². The Labute approximate surface area is 403 Å². The quantitative estimate of drug-likeness (QED) is 0.0212. The van der Waals surface area contributed by atoms with Crippen molar-refractivity contribution in [2.75, 3.05) is 40.9 Å². The van der Waals surface area contributed by atoms with Gasteiger partial charge in [-0.2, -0.15) is 0 Å². The van der Waals surface area contributed by atoms with Gasteiger partial charge in [0.25, 0.3) is 7.82 Å². The first-order valence-corrected chi connectivity index (χ1v) is 29.1. The van der Waals surface area contributed by atoms with Gasteiger partial charge in [-0.25, -0.2) is 0 Å². The Morgan fingerprint density at radius 1 is 0.523 bits per heavy atom. The monoisotopic (exact) mass is 939 g/mol. The van der Waals surface area contributed by atoms with Gasteiger partial charge in [0.05, 0.1) is 33.8 Å². The first-order chi connectivity index (χ1) is 31.4. The number of unbranched alkanes of at least 4 members (excludes halogenated alkanes) is 32. The first kappa shape index (κ1) is 63.5. The van der Waals surface area contributed by atoms with Crippen LogP contribution in [0.2, 0.25) is 0 Å². The van der Waals surface area contributed by atoms with E-state index in [1.54, 1.807) is 0 Å². The van der Waals surface area contributed by atoms with Gasteiger partial charge in [0.2, 0.25) is 5.91 Å². The number of carbonyl (C=O) groups excluding carboxylic acids is 2. The molecule has 0 heterocycles. The smallest absolute Gasteiger partial charge is 0.306 e. The second-order valence-electron chi connectivity index (χ2n) is 20.1. The minimum absolute atomic E-state index is 0.0219. The average Bonchev–Trinajstić information content (AvgIpc) is 3.26. The second-order valence-corrected chi connectivity index (χ2v) is 21.5. The number of hydrogen-bond donors (Lipinski definition) is 1. The number of carbonyl (C=O) groups is 2. The third kappa shape index (κ3) is 47.4. The molecule has 1 N–H and O–H groups in total. The van der Waals surface area contributed by atoms with Gasteiger partial charge in [0.15, 0.2) is 0 Å². The lowest BCUT2D eigenvalue weighted by Crippen LogP contribution is -2.47. The van der Waals surface area contributed by atoms with Crippen molar-refractivity contribution in [3.8, 4) is 0 Å². The van der Waals surface area contributed by atoms with Crippen molar-refractivity contribution in [1.82, 2.24) is 5.32 Å². The van der Waals surface area contributed by atoms with Crippen molar-refractivity contribution >= 4 is 19.7 Å². The topological polar surface area (TPSA) is 114 Å². The molecule has 0 aliphatic rings. The lowest BCUT2D eigenvalue weighted by molar-refractivity contribution is -0.870. The van der Waals surface area contributed by atoms with Crippen LogP contribution in [0.4, 0.5) is 0 Å². The molecule has 3 unspecified atom stereocenters. The van der Waals surface area contributed by atoms with Gasteiger partial charge in [-0.3, -0.25) is 14.2 Å². The molecule has 384 valence electrons. The van der Waals surface area contributed by atoms with Gasteiger partial charge in [0.1, 0.15) is 19.3 Å². The summed E-state index contributed by atoms with van der Waals surface area (Å²) in [6.45, 7) is 6.83. The standard InChI is InChI=1S/C55H107N2O7P/c1-7-10-13-16-19-22-25-28-30-33-36-39-42-45-48-55(59)64-53(46-43-40-37-34-31-27-24-21-18-15-12-9-3)52(51-63-65(60,61)62-50-49-57(4,5)6)56-54(58)47-44-41-38-35-32-29-26-23-20-17-14-11-8-2/h29,32,43,46,52-53H,7-28,30-31,33-42,44-45,47-51H2,1-6H3,(H-,56,58,60,61)/b32-29-,46-43+. The summed E-state index contributed by atoms with van der Waals surface area (Å²) in [5.74, 6) is -0.550. The SMILES string of the molecule is CCCCCCCC/C=C\CCCCCC(=O)NC(COP(=O)([O-])OCC[N+](C)(C)C)C(/C=C/CCCCCCCCCCCC)OC(=O)CCCCCCCCCCCCCCCC. The van der Waals surface area contributed by atoms with Crippen molar-refractivity contribution in [1.29, 1.82) is 0 Å². The molecule has 0 radical (unpaired) electrons. The summed E-state index contributed by atoms with van der Waals surface area (Å²) in [6.07, 6.45) is 51.3. The molecule has 0 rings (SSSR count). The highest BCUT2D eigenvalue weighted by Gasteiger charge is 2.27. The van der Waals surface area contributed by atoms with E-state index >= 15 is 0 Å². The van der Waals surface area contributed by atoms with E-state index in [2.05, 4.69) is 38.2 Å². The van der Waals surface area contributed by atoms with E-state index in [0.29, 0.717) is 17.4 Å². The maximum atomic E-state index is 13.4. The minimum atomic E-state index is -4.69. The van der Waals surface area contributed by atoms with Crippen LogP contribution in [0.15, 0.2) is 24.3 Å². The van der Waals surface area contributed by atoms with Crippen LogP contribution in [-0.4, -0.2) is 69.4 Å². The van der Waals surface area contributed by atoms with E-state index in [-0.39, 0.29) is 31.5 Å². The number of hydrogen-bond acceptors (Lipinski definition) is 7. The molecule has 0 aliphatic heterocycles. The molecule has 0 saturated carbocycles. The van der Waals surface area contributed by atoms with Crippen LogP contribution in [0, 0.1) is 0 Å². The van der Waals surface area contributed by atoms with Gasteiger partial charge in [-0.05, 0) is 57.4 Å². The summed E-state index contributed by atoms with van der Waals surface area (Å²) in [4.78, 5) is 39.7. The van der Waals surface area contributed by atoms with Crippen LogP contribution in [0.5, 0.6) is 0 Å². The van der Waals surface area contributed by atoms with Crippen LogP contribution in [-0.2, 0) is 27.9 Å². The fourth-order valence-electron chi connectivity index (χ4n) is 8.05. The molecule has 0 aliphatic carbocycles. The molecule has 0 fully saturated rings. The van der Waals surface area contributed by atoms with Crippen LogP contribution in [0.1, 0.15) is 265 Å². The van der Waals surface area contributed by atoms with E-state index < -0.39 is 20.0 Å². The molecule has 0 bridgehead atoms. The molecule has 0 spiro atoms. The van der Waals surface area contributed by atoms with Crippen LogP contribution < -0.4 is 10.2 Å². The molecular weight excluding hydrogens is 832 g/mol. The Morgan fingerprint density at radius 3 is 1.32 bits per heavy atom. The van der Waals surface area contributed by atoms with Gasteiger partial charge < -0.3 is 28.5 Å². The van der Waals surface area contributed by atoms with E-state index in [0.717, 1.165) is 70.6 Å². The van der Waals surface area contributed by atoms with E-state index in [9.17, 15) is 19.0 Å². The normalized spacial score (nSPS) is 14.0. The fraction of sp³-hybridized carbons (Fsp3) is 0.891. The lowest BCUT2D eigenvalue weighted by atomic mass is 10.0. The summed E-state index contributed by atoms with van der Waals surface area (Å²) in [5.41, 5.74) is 0. The van der Waals surface area contributed by atoms with Crippen molar-refractivity contribution in [3.05, 3.63) is 24.3 Å². The first-order valence-electron chi connectivity index (χ1n) is 27.6. The number of phosphoric ester groups is 1. The fourth-order valence-corrected chi connectivity index (χ4v) is 8.77. The zero-order valence-corrected chi connectivity index (χ0v) is 44.6. The number of nitrogens with one attached hydrogen (secondary N) is 1. The number of allylic oxidation sites excluding steroid dienone is 3. The number of phosphoric acid groups is 1. The number of likely N-dealkylation sites (N-methyl/N-ethyl adjacent to an activating group) is 1. The van der Waals surface area contributed by atoms with Crippen LogP contribution in [0.3, 0.4) is 0 Å². The Hall–Kier alpha value is -1.51. The van der Waals surface area contributed by atoms with Crippen molar-refractivity contribution in [2.45, 2.75) is 277 Å². The predicted molar refractivity (Wildman–Crippen MR) is 275 cm³/mol. The summed E-state index contributed by atoms with van der Waals surface area (Å²) in [5, 5.41) is 3.01. The summed E-state index contributed by atoms with van der Waals surface area (Å²) < 4.78 is 30.2. The summed E-state index contributed by atoms with van der Waals surface area (Å²) in [7, 11) is 1.19. The highest BCUT2D eigenvalue weighted by atomic mass is 31.2. The molecule has 10 heteroatoms. The van der Waals surface area contributed by atoms with E-state index in [1.165, 1.54) is 161 Å². The number of ether oxygens (including phenoxy) is 1. The highest BCUT2D eigenvalue weighted by Crippen LogP contribution is 2.38. The third-order valence-electron chi connectivity index (χ3n) is 12.4. The average molecular weight is 939 g/mol. The Kier molecular flexibility index (Phi) is 45.2. The minimum Gasteiger partial charge on any atom is -0.756 e. The predicted octanol–water partition coefficient (Wildman–Crippen LogP) is 15.6. The second kappa shape index (κ2) is 46.2. The molecule has 9 nitrogen and oxygen atoms in total. The molecule has 3 atom stereocenters. The summed E-state index contributed by atoms with van der Waals surface area (Å²) in [6, 6.07) is -0.888. The van der Waals surface area contributed by atoms with Gasteiger partial charge in [-0.15, -0.1) is 0 Å². The third-order valence-corrected chi connectivity index (χ3v) is 13.3. The van der Waals surface area contributed by atoms with Gasteiger partial charge in [-0.1, -0.05) is 219 Å². The number of amides is 1. The molecular formula is C55H107N2O7P. The zero-order valence-electron chi connectivity index (χ0n) is 43.7. The zero-order chi connectivity index (χ0) is 48.0. The number of quaternary nitrogens is 1. The molecule has 0 saturated heterocycles. The van der Waals surface area contributed by atoms with Crippen molar-refractivity contribution in [3.63, 3.8) is 0 Å². The largest absolute Gasteiger partial charge is 0.756 e. The molecule has 0 aromatic carbocycles. The molecule has 65 heavy (non-hydrogen) atoms. The van der Waals surface area contributed by atoms with Crippen molar-refractivity contribution in [2.24, 2.45) is 0 Å². The lowest BCUT2D eigenvalue weighted by Gasteiger charge is -2.30. The Balaban J connectivity index is 5.39. The van der Waals surface area contributed by atoms with Gasteiger partial charge >= 0.3 is 5.97 Å². The van der Waals surface area contributed by atoms with Crippen LogP contribution >= 0.6 is 7.82 Å². The summed E-state index contributed by atoms with van der Waals surface area (Å²) >= 11 is 0. The maximum Gasteiger partial charge on any atom is 0.306 e. The number of rotatable bonds is 50.